The van der Waals surface area contributed by atoms with Gasteiger partial charge in [0.25, 0.3) is 0 Å². The molecule has 0 amide bonds. The van der Waals surface area contributed by atoms with E-state index in [2.05, 4.69) is 89.2 Å². The van der Waals surface area contributed by atoms with Crippen LogP contribution in [-0.2, 0) is 19.3 Å². The summed E-state index contributed by atoms with van der Waals surface area (Å²) in [5, 5.41) is 0. The summed E-state index contributed by atoms with van der Waals surface area (Å²) >= 11 is 0. The molecule has 0 saturated heterocycles. The van der Waals surface area contributed by atoms with Crippen molar-refractivity contribution in [1.82, 2.24) is 4.98 Å². The average Bonchev–Trinajstić information content (AvgIpc) is 2.93. The molecule has 0 spiro atoms. The molecular weight excluding hydrogens is 362 g/mol. The highest BCUT2D eigenvalue weighted by molar-refractivity contribution is 5.86. The van der Waals surface area contributed by atoms with Gasteiger partial charge in [-0.1, -0.05) is 81.0 Å². The highest BCUT2D eigenvalue weighted by Gasteiger charge is 2.26. The molecule has 0 N–H and O–H groups in total. The van der Waals surface area contributed by atoms with Crippen molar-refractivity contribution in [2.75, 3.05) is 0 Å². The highest BCUT2D eigenvalue weighted by Crippen LogP contribution is 2.43. The lowest BCUT2D eigenvalue weighted by Gasteiger charge is -2.23. The molecule has 1 aromatic heterocycles. The molecule has 30 heavy (non-hydrogen) atoms. The number of hydrogen-bond donors (Lipinski definition) is 0. The molecule has 0 aliphatic heterocycles. The maximum Gasteiger partial charge on any atom is 0.0749 e. The first-order valence-corrected chi connectivity index (χ1v) is 11.4. The Morgan fingerprint density at radius 1 is 1.00 bits per heavy atom. The first kappa shape index (κ1) is 20.6. The van der Waals surface area contributed by atoms with Crippen LogP contribution in [-0.4, -0.2) is 4.98 Å². The average molecular weight is 396 g/mol. The minimum Gasteiger partial charge on any atom is -0.252 e. The number of allylic oxidation sites excluding steroid dienone is 1. The van der Waals surface area contributed by atoms with E-state index in [9.17, 15) is 0 Å². The Bertz CT molecular complexity index is 1080. The van der Waals surface area contributed by atoms with E-state index in [0.717, 1.165) is 19.3 Å². The van der Waals surface area contributed by atoms with Gasteiger partial charge in [0, 0.05) is 11.1 Å². The van der Waals surface area contributed by atoms with Crippen LogP contribution in [0.4, 0.5) is 0 Å². The van der Waals surface area contributed by atoms with Crippen LogP contribution < -0.4 is 0 Å². The zero-order chi connectivity index (χ0) is 21.3. The van der Waals surface area contributed by atoms with Crippen molar-refractivity contribution >= 4 is 6.08 Å². The summed E-state index contributed by atoms with van der Waals surface area (Å²) in [6, 6.07) is 15.9. The molecule has 1 aliphatic rings. The van der Waals surface area contributed by atoms with Crippen molar-refractivity contribution in [2.45, 2.75) is 66.2 Å². The SMILES string of the molecule is C/C=C/c1c(C(C)C)nc2c(c1-c1ccc(C)cc1)CCCc1cccc(CC)c1-2. The van der Waals surface area contributed by atoms with Crippen molar-refractivity contribution in [2.24, 2.45) is 0 Å². The van der Waals surface area contributed by atoms with E-state index < -0.39 is 0 Å². The fourth-order valence-electron chi connectivity index (χ4n) is 4.85. The summed E-state index contributed by atoms with van der Waals surface area (Å²) in [5.74, 6) is 0.367. The highest BCUT2D eigenvalue weighted by atomic mass is 14.7. The monoisotopic (exact) mass is 395 g/mol. The van der Waals surface area contributed by atoms with Gasteiger partial charge in [0.15, 0.2) is 0 Å². The molecule has 3 aromatic rings. The molecule has 1 heteroatoms. The van der Waals surface area contributed by atoms with E-state index in [1.165, 1.54) is 62.3 Å². The Kier molecular flexibility index (Phi) is 5.90. The van der Waals surface area contributed by atoms with Crippen LogP contribution in [0.2, 0.25) is 0 Å². The zero-order valence-electron chi connectivity index (χ0n) is 19.0. The topological polar surface area (TPSA) is 12.9 Å². The number of nitrogens with zero attached hydrogens (tertiary/aromatic N) is 1. The maximum absolute atomic E-state index is 5.39. The van der Waals surface area contributed by atoms with E-state index >= 15 is 0 Å². The molecule has 4 rings (SSSR count). The standard InChI is InChI=1S/C29H33N/c1-6-10-24-27(23-17-15-20(5)16-18-23)25-14-9-13-22-12-8-11-21(7-2)26(22)29(25)30-28(24)19(3)4/h6,8,10-12,15-19H,7,9,13-14H2,1-5H3/b10-6+. The number of hydrogen-bond acceptors (Lipinski definition) is 1. The largest absolute Gasteiger partial charge is 0.252 e. The van der Waals surface area contributed by atoms with E-state index in [-0.39, 0.29) is 0 Å². The summed E-state index contributed by atoms with van der Waals surface area (Å²) in [4.78, 5) is 5.39. The molecule has 1 heterocycles. The Labute approximate surface area is 181 Å². The third kappa shape index (κ3) is 3.62. The van der Waals surface area contributed by atoms with Gasteiger partial charge in [-0.2, -0.15) is 0 Å². The lowest BCUT2D eigenvalue weighted by Crippen LogP contribution is -2.07. The molecule has 0 unspecified atom stereocenters. The Morgan fingerprint density at radius 3 is 2.43 bits per heavy atom. The number of fused-ring (bicyclic) bond motifs is 3. The molecule has 0 fully saturated rings. The van der Waals surface area contributed by atoms with Crippen LogP contribution in [0, 0.1) is 6.92 Å². The maximum atomic E-state index is 5.39. The smallest absolute Gasteiger partial charge is 0.0749 e. The van der Waals surface area contributed by atoms with Crippen molar-refractivity contribution in [3.63, 3.8) is 0 Å². The first-order valence-electron chi connectivity index (χ1n) is 11.4. The molecule has 2 aromatic carbocycles. The third-order valence-corrected chi connectivity index (χ3v) is 6.31. The number of pyridine rings is 1. The molecule has 1 aliphatic carbocycles. The molecule has 0 bridgehead atoms. The summed E-state index contributed by atoms with van der Waals surface area (Å²) in [7, 11) is 0. The summed E-state index contributed by atoms with van der Waals surface area (Å²) in [5.41, 5.74) is 13.4. The van der Waals surface area contributed by atoms with Gasteiger partial charge in [0.1, 0.15) is 0 Å². The Morgan fingerprint density at radius 2 is 1.77 bits per heavy atom. The van der Waals surface area contributed by atoms with Gasteiger partial charge in [-0.25, -0.2) is 0 Å². The second kappa shape index (κ2) is 8.60. The van der Waals surface area contributed by atoms with E-state index in [1.807, 2.05) is 0 Å². The van der Waals surface area contributed by atoms with E-state index in [4.69, 9.17) is 4.98 Å². The predicted octanol–water partition coefficient (Wildman–Crippen LogP) is 7.93. The molecule has 0 radical (unpaired) electrons. The minimum atomic E-state index is 0.367. The fourth-order valence-corrected chi connectivity index (χ4v) is 4.85. The fraction of sp³-hybridized carbons (Fsp3) is 0.345. The van der Waals surface area contributed by atoms with Gasteiger partial charge in [-0.05, 0) is 73.3 Å². The minimum absolute atomic E-state index is 0.367. The van der Waals surface area contributed by atoms with Crippen LogP contribution in [0.5, 0.6) is 0 Å². The lowest BCUT2D eigenvalue weighted by molar-refractivity contribution is 0.809. The summed E-state index contributed by atoms with van der Waals surface area (Å²) < 4.78 is 0. The number of benzene rings is 2. The van der Waals surface area contributed by atoms with Crippen LogP contribution in [0.3, 0.4) is 0 Å². The number of aryl methyl sites for hydroxylation is 3. The van der Waals surface area contributed by atoms with Crippen molar-refractivity contribution in [3.05, 3.63) is 82.1 Å². The Hall–Kier alpha value is -2.67. The Balaban J connectivity index is 2.14. The normalized spacial score (nSPS) is 13.4. The number of aromatic nitrogens is 1. The van der Waals surface area contributed by atoms with Gasteiger partial charge in [-0.15, -0.1) is 0 Å². The third-order valence-electron chi connectivity index (χ3n) is 6.31. The molecule has 154 valence electrons. The lowest BCUT2D eigenvalue weighted by atomic mass is 9.85. The van der Waals surface area contributed by atoms with Crippen molar-refractivity contribution in [3.8, 4) is 22.4 Å². The second-order valence-electron chi connectivity index (χ2n) is 8.79. The molecule has 1 nitrogen and oxygen atoms in total. The molecular formula is C29H33N. The van der Waals surface area contributed by atoms with Gasteiger partial charge in [0.05, 0.1) is 11.4 Å². The first-order chi connectivity index (χ1) is 14.5. The summed E-state index contributed by atoms with van der Waals surface area (Å²) in [6.45, 7) is 11.1. The molecule has 0 atom stereocenters. The van der Waals surface area contributed by atoms with E-state index in [1.54, 1.807) is 0 Å². The van der Waals surface area contributed by atoms with Crippen LogP contribution in [0.1, 0.15) is 73.5 Å². The van der Waals surface area contributed by atoms with Crippen LogP contribution in [0.25, 0.3) is 28.5 Å². The summed E-state index contributed by atoms with van der Waals surface area (Å²) in [6.07, 6.45) is 8.85. The van der Waals surface area contributed by atoms with Gasteiger partial charge in [0.2, 0.25) is 0 Å². The number of rotatable bonds is 4. The second-order valence-corrected chi connectivity index (χ2v) is 8.79. The molecule has 0 saturated carbocycles. The van der Waals surface area contributed by atoms with Gasteiger partial charge < -0.3 is 0 Å². The van der Waals surface area contributed by atoms with Crippen LogP contribution in [0.15, 0.2) is 48.5 Å². The predicted molar refractivity (Wildman–Crippen MR) is 130 cm³/mol. The zero-order valence-corrected chi connectivity index (χ0v) is 19.0. The van der Waals surface area contributed by atoms with Crippen LogP contribution >= 0.6 is 0 Å². The quantitative estimate of drug-likeness (QED) is 0.437. The van der Waals surface area contributed by atoms with E-state index in [0.29, 0.717) is 5.92 Å². The van der Waals surface area contributed by atoms with Crippen molar-refractivity contribution in [1.29, 1.82) is 0 Å². The van der Waals surface area contributed by atoms with Gasteiger partial charge in [-0.3, -0.25) is 4.98 Å². The van der Waals surface area contributed by atoms with Gasteiger partial charge >= 0.3 is 0 Å². The van der Waals surface area contributed by atoms with Crippen molar-refractivity contribution < 1.29 is 0 Å².